The molecule has 4 nitrogen and oxygen atoms in total. The summed E-state index contributed by atoms with van der Waals surface area (Å²) < 4.78 is 5.16. The van der Waals surface area contributed by atoms with E-state index in [4.69, 9.17) is 4.42 Å². The second kappa shape index (κ2) is 4.00. The number of aliphatic hydroxyl groups is 1. The first-order valence-electron chi connectivity index (χ1n) is 5.10. The zero-order valence-electron chi connectivity index (χ0n) is 8.36. The predicted octanol–water partition coefficient (Wildman–Crippen LogP) is 1.56. The summed E-state index contributed by atoms with van der Waals surface area (Å²) in [5, 5.41) is 12.7. The molecule has 0 spiro atoms. The van der Waals surface area contributed by atoms with Gasteiger partial charge in [-0.05, 0) is 19.8 Å². The minimum Gasteiger partial charge on any atom is -0.432 e. The summed E-state index contributed by atoms with van der Waals surface area (Å²) in [7, 11) is 0. The van der Waals surface area contributed by atoms with Crippen molar-refractivity contribution in [1.29, 1.82) is 0 Å². The number of aliphatic hydroxyl groups excluding tert-OH is 1. The Bertz CT molecular complexity index is 298. The number of nitrogens with one attached hydrogen (secondary N) is 1. The van der Waals surface area contributed by atoms with Crippen LogP contribution in [0.4, 0.5) is 6.01 Å². The summed E-state index contributed by atoms with van der Waals surface area (Å²) in [6.07, 6.45) is 4.61. The van der Waals surface area contributed by atoms with Crippen LogP contribution in [-0.2, 0) is 0 Å². The van der Waals surface area contributed by atoms with Gasteiger partial charge in [0.15, 0.2) is 0 Å². The lowest BCUT2D eigenvalue weighted by molar-refractivity contribution is 0.138. The third-order valence-corrected chi connectivity index (χ3v) is 2.75. The molecular weight excluding hydrogens is 180 g/mol. The molecule has 4 heteroatoms. The van der Waals surface area contributed by atoms with Crippen molar-refractivity contribution >= 4 is 6.01 Å². The number of aryl methyl sites for hydroxylation is 1. The van der Waals surface area contributed by atoms with Crippen LogP contribution < -0.4 is 5.32 Å². The van der Waals surface area contributed by atoms with E-state index in [1.54, 1.807) is 6.26 Å². The molecule has 1 saturated carbocycles. The number of oxazole rings is 1. The van der Waals surface area contributed by atoms with Crippen molar-refractivity contribution in [3.63, 3.8) is 0 Å². The van der Waals surface area contributed by atoms with Crippen molar-refractivity contribution in [3.8, 4) is 0 Å². The van der Waals surface area contributed by atoms with Crippen LogP contribution in [0, 0.1) is 12.8 Å². The summed E-state index contributed by atoms with van der Waals surface area (Å²) in [6.45, 7) is 2.64. The van der Waals surface area contributed by atoms with Gasteiger partial charge in [-0.3, -0.25) is 0 Å². The van der Waals surface area contributed by atoms with Crippen LogP contribution in [0.3, 0.4) is 0 Å². The smallest absolute Gasteiger partial charge is 0.294 e. The van der Waals surface area contributed by atoms with Crippen molar-refractivity contribution in [2.24, 2.45) is 5.92 Å². The van der Waals surface area contributed by atoms with Gasteiger partial charge in [0.1, 0.15) is 6.26 Å². The van der Waals surface area contributed by atoms with Gasteiger partial charge in [-0.2, -0.15) is 4.98 Å². The van der Waals surface area contributed by atoms with Crippen LogP contribution in [0.2, 0.25) is 0 Å². The molecule has 0 bridgehead atoms. The van der Waals surface area contributed by atoms with Gasteiger partial charge in [0.25, 0.3) is 6.01 Å². The molecule has 1 heterocycles. The minimum absolute atomic E-state index is 0.154. The Hall–Kier alpha value is -1.03. The Kier molecular flexibility index (Phi) is 2.72. The van der Waals surface area contributed by atoms with Gasteiger partial charge >= 0.3 is 0 Å². The highest BCUT2D eigenvalue weighted by atomic mass is 16.4. The van der Waals surface area contributed by atoms with E-state index in [1.807, 2.05) is 6.92 Å². The highest BCUT2D eigenvalue weighted by Crippen LogP contribution is 2.25. The molecule has 0 aromatic carbocycles. The molecule has 1 aliphatic rings. The molecule has 14 heavy (non-hydrogen) atoms. The van der Waals surface area contributed by atoms with Crippen LogP contribution in [0.25, 0.3) is 0 Å². The largest absolute Gasteiger partial charge is 0.432 e. The summed E-state index contributed by atoms with van der Waals surface area (Å²) in [5.74, 6) is 0.349. The lowest BCUT2D eigenvalue weighted by atomic mass is 10.1. The molecule has 1 aromatic rings. The molecule has 1 fully saturated rings. The first-order valence-corrected chi connectivity index (χ1v) is 5.10. The van der Waals surface area contributed by atoms with Crippen LogP contribution in [-0.4, -0.2) is 22.7 Å². The molecule has 2 unspecified atom stereocenters. The number of hydrogen-bond acceptors (Lipinski definition) is 4. The maximum absolute atomic E-state index is 9.58. The Balaban J connectivity index is 1.82. The normalized spacial score (nSPS) is 26.7. The zero-order valence-corrected chi connectivity index (χ0v) is 8.36. The maximum Gasteiger partial charge on any atom is 0.294 e. The van der Waals surface area contributed by atoms with Crippen molar-refractivity contribution in [1.82, 2.24) is 4.98 Å². The number of aromatic nitrogens is 1. The SMILES string of the molecule is Cc1coc(NCC2CCCC2O)n1. The van der Waals surface area contributed by atoms with Crippen molar-refractivity contribution in [2.45, 2.75) is 32.3 Å². The van der Waals surface area contributed by atoms with Gasteiger partial charge in [-0.25, -0.2) is 0 Å². The maximum atomic E-state index is 9.58. The highest BCUT2D eigenvalue weighted by Gasteiger charge is 2.24. The van der Waals surface area contributed by atoms with E-state index in [9.17, 15) is 5.11 Å². The standard InChI is InChI=1S/C10H16N2O2/c1-7-6-14-10(12-7)11-5-8-3-2-4-9(8)13/h6,8-9,13H,2-5H2,1H3,(H,11,12). The second-order valence-corrected chi connectivity index (χ2v) is 3.93. The average molecular weight is 196 g/mol. The number of nitrogens with zero attached hydrogens (tertiary/aromatic N) is 1. The molecule has 0 aliphatic heterocycles. The molecule has 2 N–H and O–H groups in total. The van der Waals surface area contributed by atoms with E-state index < -0.39 is 0 Å². The Morgan fingerprint density at radius 3 is 3.07 bits per heavy atom. The third kappa shape index (κ3) is 2.07. The van der Waals surface area contributed by atoms with Crippen LogP contribution in [0.15, 0.2) is 10.7 Å². The van der Waals surface area contributed by atoms with E-state index >= 15 is 0 Å². The van der Waals surface area contributed by atoms with Crippen molar-refractivity contribution < 1.29 is 9.52 Å². The fourth-order valence-corrected chi connectivity index (χ4v) is 1.91. The predicted molar refractivity (Wildman–Crippen MR) is 53.1 cm³/mol. The summed E-state index contributed by atoms with van der Waals surface area (Å²) in [6, 6.07) is 0.557. The molecule has 2 atom stereocenters. The lowest BCUT2D eigenvalue weighted by Crippen LogP contribution is -2.21. The molecule has 1 aliphatic carbocycles. The highest BCUT2D eigenvalue weighted by molar-refractivity contribution is 5.20. The number of anilines is 1. The molecule has 1 aromatic heterocycles. The average Bonchev–Trinajstić information content (AvgIpc) is 2.72. The van der Waals surface area contributed by atoms with Gasteiger partial charge in [-0.15, -0.1) is 0 Å². The van der Waals surface area contributed by atoms with Gasteiger partial charge in [0.2, 0.25) is 0 Å². The van der Waals surface area contributed by atoms with Crippen LogP contribution in [0.1, 0.15) is 25.0 Å². The lowest BCUT2D eigenvalue weighted by Gasteiger charge is -2.13. The Morgan fingerprint density at radius 1 is 1.64 bits per heavy atom. The first-order chi connectivity index (χ1) is 6.75. The van der Waals surface area contributed by atoms with E-state index in [2.05, 4.69) is 10.3 Å². The molecule has 2 rings (SSSR count). The molecule has 78 valence electrons. The zero-order chi connectivity index (χ0) is 9.97. The third-order valence-electron chi connectivity index (χ3n) is 2.75. The molecule has 0 radical (unpaired) electrons. The Morgan fingerprint density at radius 2 is 2.50 bits per heavy atom. The topological polar surface area (TPSA) is 58.3 Å². The number of hydrogen-bond donors (Lipinski definition) is 2. The van der Waals surface area contributed by atoms with Crippen LogP contribution in [0.5, 0.6) is 0 Å². The fourth-order valence-electron chi connectivity index (χ4n) is 1.91. The van der Waals surface area contributed by atoms with Crippen LogP contribution >= 0.6 is 0 Å². The van der Waals surface area contributed by atoms with Gasteiger partial charge in [0, 0.05) is 12.5 Å². The minimum atomic E-state index is -0.154. The van der Waals surface area contributed by atoms with E-state index in [-0.39, 0.29) is 6.10 Å². The van der Waals surface area contributed by atoms with Gasteiger partial charge in [0.05, 0.1) is 11.8 Å². The quantitative estimate of drug-likeness (QED) is 0.770. The fraction of sp³-hybridized carbons (Fsp3) is 0.700. The summed E-state index contributed by atoms with van der Waals surface area (Å²) in [4.78, 5) is 4.14. The van der Waals surface area contributed by atoms with E-state index in [0.29, 0.717) is 11.9 Å². The Labute approximate surface area is 83.3 Å². The summed E-state index contributed by atoms with van der Waals surface area (Å²) >= 11 is 0. The van der Waals surface area contributed by atoms with Crippen molar-refractivity contribution in [2.75, 3.05) is 11.9 Å². The van der Waals surface area contributed by atoms with Gasteiger partial charge in [-0.1, -0.05) is 6.42 Å². The van der Waals surface area contributed by atoms with E-state index in [0.717, 1.165) is 31.5 Å². The monoisotopic (exact) mass is 196 g/mol. The second-order valence-electron chi connectivity index (χ2n) is 3.93. The summed E-state index contributed by atoms with van der Waals surface area (Å²) in [5.41, 5.74) is 0.875. The number of rotatable bonds is 3. The molecule has 0 amide bonds. The molecule has 0 saturated heterocycles. The van der Waals surface area contributed by atoms with Gasteiger partial charge < -0.3 is 14.8 Å². The molecular formula is C10H16N2O2. The first kappa shape index (κ1) is 9.52. The van der Waals surface area contributed by atoms with E-state index in [1.165, 1.54) is 0 Å². The van der Waals surface area contributed by atoms with Crippen molar-refractivity contribution in [3.05, 3.63) is 12.0 Å².